The lowest BCUT2D eigenvalue weighted by molar-refractivity contribution is -0.0243. The van der Waals surface area contributed by atoms with Crippen LogP contribution in [-0.4, -0.2) is 34.2 Å². The molecule has 0 aliphatic heterocycles. The molecule has 0 spiro atoms. The summed E-state index contributed by atoms with van der Waals surface area (Å²) in [5, 5.41) is 12.0. The number of aromatic nitrogens is 1. The fourth-order valence-electron chi connectivity index (χ4n) is 4.97. The van der Waals surface area contributed by atoms with E-state index in [9.17, 15) is 5.11 Å². The van der Waals surface area contributed by atoms with E-state index in [4.69, 9.17) is 9.15 Å². The molecule has 4 rings (SSSR count). The molecular formula is C29H38N2O3. The van der Waals surface area contributed by atoms with E-state index in [1.54, 1.807) is 6.20 Å². The topological polar surface area (TPSA) is 58.7 Å². The standard InChI is InChI=1S/C29H38N2O3/c1-28(2,34-25-17-11-6-12-18-25)19-20-31(3)22-26-21-30-27(33-26)29(32,23-13-7-4-8-14-23)24-15-9-5-10-16-24/h4,6-8,11-14,17-18,21,24,32H,5,9-10,15-16,19-20,22H2,1-3H3. The first-order valence-electron chi connectivity index (χ1n) is 12.5. The zero-order chi connectivity index (χ0) is 24.0. The molecule has 1 N–H and O–H groups in total. The van der Waals surface area contributed by atoms with Crippen LogP contribution in [0.15, 0.2) is 71.3 Å². The van der Waals surface area contributed by atoms with Crippen LogP contribution in [-0.2, 0) is 12.1 Å². The van der Waals surface area contributed by atoms with E-state index in [-0.39, 0.29) is 11.5 Å². The van der Waals surface area contributed by atoms with Crippen LogP contribution < -0.4 is 4.74 Å². The van der Waals surface area contributed by atoms with E-state index in [1.165, 1.54) is 6.42 Å². The Labute approximate surface area is 203 Å². The maximum Gasteiger partial charge on any atom is 0.231 e. The maximum atomic E-state index is 12.0. The van der Waals surface area contributed by atoms with Crippen LogP contribution in [0.4, 0.5) is 0 Å². The second-order valence-corrected chi connectivity index (χ2v) is 10.3. The molecule has 5 nitrogen and oxygen atoms in total. The van der Waals surface area contributed by atoms with Crippen LogP contribution in [0.2, 0.25) is 0 Å². The average Bonchev–Trinajstić information content (AvgIpc) is 3.33. The Hall–Kier alpha value is -2.63. The summed E-state index contributed by atoms with van der Waals surface area (Å²) in [6, 6.07) is 19.8. The predicted octanol–water partition coefficient (Wildman–Crippen LogP) is 6.17. The average molecular weight is 463 g/mol. The van der Waals surface area contributed by atoms with Gasteiger partial charge in [-0.3, -0.25) is 4.90 Å². The first kappa shape index (κ1) is 24.5. The van der Waals surface area contributed by atoms with Gasteiger partial charge in [-0.25, -0.2) is 4.98 Å². The summed E-state index contributed by atoms with van der Waals surface area (Å²) < 4.78 is 12.4. The zero-order valence-electron chi connectivity index (χ0n) is 20.7. The van der Waals surface area contributed by atoms with Gasteiger partial charge in [-0.05, 0) is 57.9 Å². The third-order valence-electron chi connectivity index (χ3n) is 6.95. The molecule has 5 heteroatoms. The van der Waals surface area contributed by atoms with Gasteiger partial charge in [-0.2, -0.15) is 0 Å². The quantitative estimate of drug-likeness (QED) is 0.390. The van der Waals surface area contributed by atoms with Gasteiger partial charge in [0, 0.05) is 12.5 Å². The largest absolute Gasteiger partial charge is 0.488 e. The van der Waals surface area contributed by atoms with Crippen molar-refractivity contribution in [1.82, 2.24) is 9.88 Å². The van der Waals surface area contributed by atoms with E-state index >= 15 is 0 Å². The predicted molar refractivity (Wildman–Crippen MR) is 135 cm³/mol. The maximum absolute atomic E-state index is 12.0. The minimum Gasteiger partial charge on any atom is -0.488 e. The van der Waals surface area contributed by atoms with Gasteiger partial charge in [0.05, 0.1) is 12.7 Å². The van der Waals surface area contributed by atoms with Gasteiger partial charge in [0.2, 0.25) is 5.89 Å². The van der Waals surface area contributed by atoms with Crippen molar-refractivity contribution in [3.8, 4) is 5.75 Å². The van der Waals surface area contributed by atoms with Crippen LogP contribution in [0.25, 0.3) is 0 Å². The molecule has 0 saturated heterocycles. The van der Waals surface area contributed by atoms with Crippen molar-refractivity contribution >= 4 is 0 Å². The summed E-state index contributed by atoms with van der Waals surface area (Å²) in [4.78, 5) is 6.80. The summed E-state index contributed by atoms with van der Waals surface area (Å²) in [5.41, 5.74) is -0.607. The summed E-state index contributed by atoms with van der Waals surface area (Å²) in [6.45, 7) is 5.71. The molecule has 1 unspecified atom stereocenters. The number of nitrogens with zero attached hydrogens (tertiary/aromatic N) is 2. The molecule has 1 aliphatic carbocycles. The first-order chi connectivity index (χ1) is 16.4. The van der Waals surface area contributed by atoms with Gasteiger partial charge in [0.15, 0.2) is 5.60 Å². The second-order valence-electron chi connectivity index (χ2n) is 10.3. The molecule has 0 bridgehead atoms. The minimum absolute atomic E-state index is 0.115. The third kappa shape index (κ3) is 5.89. The van der Waals surface area contributed by atoms with Crippen LogP contribution in [0.3, 0.4) is 0 Å². The molecular weight excluding hydrogens is 424 g/mol. The molecule has 0 radical (unpaired) electrons. The SMILES string of the molecule is CN(CCC(C)(C)Oc1ccccc1)Cc1cnc(C(O)(c2ccccc2)C2CCCCC2)o1. The lowest BCUT2D eigenvalue weighted by Crippen LogP contribution is -2.38. The number of ether oxygens (including phenoxy) is 1. The highest BCUT2D eigenvalue weighted by Crippen LogP contribution is 2.43. The Morgan fingerprint density at radius 3 is 2.32 bits per heavy atom. The number of para-hydroxylation sites is 1. The number of benzene rings is 2. The molecule has 1 saturated carbocycles. The second kappa shape index (κ2) is 10.7. The van der Waals surface area contributed by atoms with Crippen molar-refractivity contribution in [3.05, 3.63) is 84.1 Å². The highest BCUT2D eigenvalue weighted by Gasteiger charge is 2.44. The molecule has 3 aromatic rings. The highest BCUT2D eigenvalue weighted by atomic mass is 16.5. The normalized spacial score (nSPS) is 17.0. The Kier molecular flexibility index (Phi) is 7.74. The van der Waals surface area contributed by atoms with Crippen LogP contribution in [0.1, 0.15) is 69.6 Å². The van der Waals surface area contributed by atoms with Gasteiger partial charge in [-0.1, -0.05) is 67.8 Å². The summed E-state index contributed by atoms with van der Waals surface area (Å²) in [5.74, 6) is 2.19. The lowest BCUT2D eigenvalue weighted by atomic mass is 9.73. The Balaban J connectivity index is 1.42. The molecule has 0 amide bonds. The smallest absolute Gasteiger partial charge is 0.231 e. The number of oxazole rings is 1. The number of hydrogen-bond donors (Lipinski definition) is 1. The van der Waals surface area contributed by atoms with Gasteiger partial charge in [-0.15, -0.1) is 0 Å². The van der Waals surface area contributed by atoms with Crippen molar-refractivity contribution < 1.29 is 14.3 Å². The summed E-state index contributed by atoms with van der Waals surface area (Å²) in [7, 11) is 2.07. The monoisotopic (exact) mass is 462 g/mol. The van der Waals surface area contributed by atoms with E-state index in [0.717, 1.165) is 55.7 Å². The fourth-order valence-corrected chi connectivity index (χ4v) is 4.97. The molecule has 1 heterocycles. The van der Waals surface area contributed by atoms with E-state index < -0.39 is 5.60 Å². The Morgan fingerprint density at radius 1 is 1.00 bits per heavy atom. The van der Waals surface area contributed by atoms with Crippen molar-refractivity contribution in [1.29, 1.82) is 0 Å². The third-order valence-corrected chi connectivity index (χ3v) is 6.95. The molecule has 1 aliphatic rings. The minimum atomic E-state index is -1.19. The summed E-state index contributed by atoms with van der Waals surface area (Å²) >= 11 is 0. The number of rotatable bonds is 10. The van der Waals surface area contributed by atoms with Crippen LogP contribution in [0.5, 0.6) is 5.75 Å². The number of hydrogen-bond acceptors (Lipinski definition) is 5. The fraction of sp³-hybridized carbons (Fsp3) is 0.483. The van der Waals surface area contributed by atoms with Crippen molar-refractivity contribution in [3.63, 3.8) is 0 Å². The zero-order valence-corrected chi connectivity index (χ0v) is 20.7. The van der Waals surface area contributed by atoms with E-state index in [1.807, 2.05) is 60.7 Å². The van der Waals surface area contributed by atoms with Gasteiger partial charge in [0.25, 0.3) is 0 Å². The van der Waals surface area contributed by atoms with Crippen molar-refractivity contribution in [2.45, 2.75) is 70.1 Å². The number of aliphatic hydroxyl groups is 1. The molecule has 1 fully saturated rings. The molecule has 182 valence electrons. The van der Waals surface area contributed by atoms with Crippen LogP contribution in [0, 0.1) is 5.92 Å². The highest BCUT2D eigenvalue weighted by molar-refractivity contribution is 5.30. The molecule has 34 heavy (non-hydrogen) atoms. The molecule has 2 aromatic carbocycles. The lowest BCUT2D eigenvalue weighted by Gasteiger charge is -2.36. The molecule has 1 atom stereocenters. The molecule has 1 aromatic heterocycles. The van der Waals surface area contributed by atoms with Crippen molar-refractivity contribution in [2.75, 3.05) is 13.6 Å². The van der Waals surface area contributed by atoms with E-state index in [2.05, 4.69) is 30.8 Å². The summed E-state index contributed by atoms with van der Waals surface area (Å²) in [6.07, 6.45) is 8.11. The Morgan fingerprint density at radius 2 is 1.65 bits per heavy atom. The van der Waals surface area contributed by atoms with Crippen molar-refractivity contribution in [2.24, 2.45) is 5.92 Å². The van der Waals surface area contributed by atoms with E-state index in [0.29, 0.717) is 12.4 Å². The van der Waals surface area contributed by atoms with Crippen LogP contribution >= 0.6 is 0 Å². The first-order valence-corrected chi connectivity index (χ1v) is 12.5. The van der Waals surface area contributed by atoms with Gasteiger partial charge in [0.1, 0.15) is 17.1 Å². The van der Waals surface area contributed by atoms with Gasteiger partial charge >= 0.3 is 0 Å². The van der Waals surface area contributed by atoms with Gasteiger partial charge < -0.3 is 14.3 Å². The Bertz CT molecular complexity index is 1010.